The molecule has 6 unspecified atom stereocenters. The molecule has 0 radical (unpaired) electrons. The summed E-state index contributed by atoms with van der Waals surface area (Å²) < 4.78 is 11.6. The van der Waals surface area contributed by atoms with E-state index in [1.807, 2.05) is 11.3 Å². The molecule has 0 saturated heterocycles. The average molecular weight is 464 g/mol. The topological polar surface area (TPSA) is 68.7 Å². The van der Waals surface area contributed by atoms with Crippen molar-refractivity contribution in [3.8, 4) is 0 Å². The van der Waals surface area contributed by atoms with E-state index in [9.17, 15) is 4.79 Å². The molecule has 5 nitrogen and oxygen atoms in total. The maximum absolute atomic E-state index is 10.7. The molecule has 0 aliphatic heterocycles. The lowest BCUT2D eigenvalue weighted by Crippen LogP contribution is -2.34. The number of aryl methyl sites for hydroxylation is 1. The van der Waals surface area contributed by atoms with Crippen LogP contribution in [0.5, 0.6) is 0 Å². The van der Waals surface area contributed by atoms with E-state index in [-0.39, 0.29) is 18.8 Å². The third-order valence-corrected chi connectivity index (χ3v) is 9.06. The smallest absolute Gasteiger partial charge is 0.329 e. The van der Waals surface area contributed by atoms with Gasteiger partial charge in [-0.1, -0.05) is 32.6 Å². The normalized spacial score (nSPS) is 33.0. The summed E-state index contributed by atoms with van der Waals surface area (Å²) in [6.07, 6.45) is 16.4. The number of fused-ring (bicyclic) bond motifs is 1. The Morgan fingerprint density at radius 2 is 1.91 bits per heavy atom. The lowest BCUT2D eigenvalue weighted by Gasteiger charge is -2.38. The van der Waals surface area contributed by atoms with Crippen LogP contribution in [-0.4, -0.2) is 41.5 Å². The van der Waals surface area contributed by atoms with Crippen molar-refractivity contribution in [2.45, 2.75) is 109 Å². The fraction of sp³-hybridized carbons (Fsp3) is 0.846. The molecule has 1 N–H and O–H groups in total. The van der Waals surface area contributed by atoms with E-state index >= 15 is 0 Å². The zero-order valence-corrected chi connectivity index (χ0v) is 20.5. The van der Waals surface area contributed by atoms with Crippen molar-refractivity contribution in [2.75, 3.05) is 13.2 Å². The first-order valence-electron chi connectivity index (χ1n) is 13.0. The first kappa shape index (κ1) is 24.2. The predicted octanol–water partition coefficient (Wildman–Crippen LogP) is 6.21. The number of carboxylic acids is 1. The first-order chi connectivity index (χ1) is 15.6. The van der Waals surface area contributed by atoms with Crippen molar-refractivity contribution in [3.05, 3.63) is 16.1 Å². The minimum atomic E-state index is -0.889. The number of hydrogen-bond acceptors (Lipinski definition) is 5. The predicted molar refractivity (Wildman–Crippen MR) is 127 cm³/mol. The van der Waals surface area contributed by atoms with Gasteiger partial charge in [0.1, 0.15) is 6.61 Å². The molecule has 0 amide bonds. The fourth-order valence-electron chi connectivity index (χ4n) is 6.29. The zero-order valence-electron chi connectivity index (χ0n) is 19.7. The molecule has 3 fully saturated rings. The van der Waals surface area contributed by atoms with Crippen LogP contribution in [0.4, 0.5) is 0 Å². The van der Waals surface area contributed by atoms with E-state index in [1.54, 1.807) is 0 Å². The number of aliphatic carboxylic acids is 1. The molecule has 3 aliphatic rings. The minimum absolute atomic E-state index is 0.0539. The number of aromatic nitrogens is 1. The van der Waals surface area contributed by atoms with Gasteiger partial charge in [-0.15, -0.1) is 11.3 Å². The van der Waals surface area contributed by atoms with Gasteiger partial charge in [-0.05, 0) is 75.5 Å². The maximum Gasteiger partial charge on any atom is 0.329 e. The monoisotopic (exact) mass is 463 g/mol. The standard InChI is InChI=1S/C26H41NO4S/c1-18-14-22(11-12-24(18)31-16-26(28)29)30-13-5-4-8-25-27-23(17-32-25)21-10-9-19-6-2-3-7-20(19)15-21/h17-22,24H,2-16H2,1H3,(H,28,29). The van der Waals surface area contributed by atoms with E-state index in [2.05, 4.69) is 12.3 Å². The molecule has 3 saturated carbocycles. The lowest BCUT2D eigenvalue weighted by molar-refractivity contribution is -0.147. The molecular weight excluding hydrogens is 422 g/mol. The highest BCUT2D eigenvalue weighted by molar-refractivity contribution is 7.09. The Bertz CT molecular complexity index is 722. The first-order valence-corrected chi connectivity index (χ1v) is 13.9. The molecule has 32 heavy (non-hydrogen) atoms. The number of ether oxygens (including phenoxy) is 2. The van der Waals surface area contributed by atoms with Crippen LogP contribution in [0.1, 0.15) is 101 Å². The number of carbonyl (C=O) groups is 1. The Hall–Kier alpha value is -0.980. The van der Waals surface area contributed by atoms with Crippen molar-refractivity contribution in [1.82, 2.24) is 4.98 Å². The third-order valence-electron chi connectivity index (χ3n) is 8.13. The Labute approximate surface area is 197 Å². The van der Waals surface area contributed by atoms with E-state index in [1.165, 1.54) is 55.6 Å². The zero-order chi connectivity index (χ0) is 22.3. The number of rotatable bonds is 10. The second-order valence-electron chi connectivity index (χ2n) is 10.5. The van der Waals surface area contributed by atoms with E-state index in [4.69, 9.17) is 19.6 Å². The van der Waals surface area contributed by atoms with Crippen LogP contribution < -0.4 is 0 Å². The van der Waals surface area contributed by atoms with Crippen molar-refractivity contribution in [3.63, 3.8) is 0 Å². The van der Waals surface area contributed by atoms with Crippen LogP contribution in [-0.2, 0) is 20.7 Å². The molecule has 6 atom stereocenters. The molecule has 6 heteroatoms. The summed E-state index contributed by atoms with van der Waals surface area (Å²) in [5, 5.41) is 12.4. The van der Waals surface area contributed by atoms with Crippen molar-refractivity contribution in [1.29, 1.82) is 0 Å². The van der Waals surface area contributed by atoms with Crippen LogP contribution in [0, 0.1) is 17.8 Å². The summed E-state index contributed by atoms with van der Waals surface area (Å²) in [7, 11) is 0. The summed E-state index contributed by atoms with van der Waals surface area (Å²) in [5.41, 5.74) is 1.38. The van der Waals surface area contributed by atoms with Gasteiger partial charge in [-0.25, -0.2) is 9.78 Å². The van der Waals surface area contributed by atoms with Crippen LogP contribution in [0.3, 0.4) is 0 Å². The summed E-state index contributed by atoms with van der Waals surface area (Å²) in [4.78, 5) is 15.7. The molecule has 0 aromatic carbocycles. The lowest BCUT2D eigenvalue weighted by atomic mass is 9.67. The van der Waals surface area contributed by atoms with E-state index in [0.29, 0.717) is 11.8 Å². The summed E-state index contributed by atoms with van der Waals surface area (Å²) in [5.74, 6) is 2.14. The summed E-state index contributed by atoms with van der Waals surface area (Å²) >= 11 is 1.86. The largest absolute Gasteiger partial charge is 0.480 e. The quantitative estimate of drug-likeness (QED) is 0.418. The molecule has 4 rings (SSSR count). The van der Waals surface area contributed by atoms with Gasteiger partial charge in [-0.3, -0.25) is 0 Å². The Kier molecular flexibility index (Phi) is 9.01. The highest BCUT2D eigenvalue weighted by atomic mass is 32.1. The number of nitrogens with zero attached hydrogens (tertiary/aromatic N) is 1. The van der Waals surface area contributed by atoms with Gasteiger partial charge in [0, 0.05) is 17.9 Å². The van der Waals surface area contributed by atoms with Gasteiger partial charge >= 0.3 is 5.97 Å². The van der Waals surface area contributed by atoms with Crippen LogP contribution >= 0.6 is 11.3 Å². The number of unbranched alkanes of at least 4 members (excludes halogenated alkanes) is 1. The van der Waals surface area contributed by atoms with Crippen LogP contribution in [0.2, 0.25) is 0 Å². The highest BCUT2D eigenvalue weighted by Gasteiger charge is 2.33. The molecule has 1 heterocycles. The maximum atomic E-state index is 10.7. The second-order valence-corrected chi connectivity index (χ2v) is 11.4. The van der Waals surface area contributed by atoms with Crippen molar-refractivity contribution < 1.29 is 19.4 Å². The van der Waals surface area contributed by atoms with Crippen molar-refractivity contribution in [2.24, 2.45) is 17.8 Å². The molecule has 0 spiro atoms. The van der Waals surface area contributed by atoms with Crippen molar-refractivity contribution >= 4 is 17.3 Å². The van der Waals surface area contributed by atoms with Gasteiger partial charge in [0.25, 0.3) is 0 Å². The molecule has 0 bridgehead atoms. The Balaban J connectivity index is 1.10. The van der Waals surface area contributed by atoms with Gasteiger partial charge < -0.3 is 14.6 Å². The molecule has 1 aromatic heterocycles. The Morgan fingerprint density at radius 1 is 1.06 bits per heavy atom. The molecule has 180 valence electrons. The molecule has 1 aromatic rings. The van der Waals surface area contributed by atoms with Gasteiger partial charge in [-0.2, -0.15) is 0 Å². The summed E-state index contributed by atoms with van der Waals surface area (Å²) in [6, 6.07) is 0. The number of carboxylic acid groups (broad SMARTS) is 1. The van der Waals surface area contributed by atoms with Gasteiger partial charge in [0.15, 0.2) is 0 Å². The third kappa shape index (κ3) is 6.77. The average Bonchev–Trinajstić information content (AvgIpc) is 3.27. The highest BCUT2D eigenvalue weighted by Crippen LogP contribution is 2.46. The number of hydrogen-bond donors (Lipinski definition) is 1. The molecule has 3 aliphatic carbocycles. The van der Waals surface area contributed by atoms with Gasteiger partial charge in [0.05, 0.1) is 22.9 Å². The summed E-state index contributed by atoms with van der Waals surface area (Å²) in [6.45, 7) is 2.76. The SMILES string of the molecule is CC1CC(OCCCCc2nc(C3CCC4CCCCC4C3)cs2)CCC1OCC(=O)O. The van der Waals surface area contributed by atoms with E-state index in [0.717, 1.165) is 57.0 Å². The molecular formula is C26H41NO4S. The van der Waals surface area contributed by atoms with E-state index < -0.39 is 5.97 Å². The number of thiazole rings is 1. The Morgan fingerprint density at radius 3 is 2.72 bits per heavy atom. The minimum Gasteiger partial charge on any atom is -0.480 e. The second kappa shape index (κ2) is 11.9. The van der Waals surface area contributed by atoms with Crippen LogP contribution in [0.25, 0.3) is 0 Å². The van der Waals surface area contributed by atoms with Gasteiger partial charge in [0.2, 0.25) is 0 Å². The van der Waals surface area contributed by atoms with Crippen LogP contribution in [0.15, 0.2) is 5.38 Å². The fourth-order valence-corrected chi connectivity index (χ4v) is 7.22.